The van der Waals surface area contributed by atoms with E-state index in [9.17, 15) is 0 Å². The van der Waals surface area contributed by atoms with E-state index >= 15 is 0 Å². The Balaban J connectivity index is 1.72. The molecule has 3 N–H and O–H groups in total. The zero-order valence-corrected chi connectivity index (χ0v) is 10.8. The zero-order valence-electron chi connectivity index (χ0n) is 10.8. The molecule has 1 unspecified atom stereocenters. The fourth-order valence-corrected chi connectivity index (χ4v) is 2.39. The van der Waals surface area contributed by atoms with Gasteiger partial charge in [0, 0.05) is 24.6 Å². The maximum Gasteiger partial charge on any atom is 0.228 e. The second-order valence-corrected chi connectivity index (χ2v) is 4.91. The van der Waals surface area contributed by atoms with Gasteiger partial charge in [-0.15, -0.1) is 0 Å². The number of hydrogen-bond donors (Lipinski definition) is 2. The summed E-state index contributed by atoms with van der Waals surface area (Å²) in [5.74, 6) is 1.36. The molecule has 0 spiro atoms. The minimum atomic E-state index is 0.480. The van der Waals surface area contributed by atoms with Crippen molar-refractivity contribution >= 4 is 0 Å². The van der Waals surface area contributed by atoms with E-state index in [1.807, 2.05) is 24.3 Å². The number of nitrogens with zero attached hydrogens (tertiary/aromatic N) is 2. The van der Waals surface area contributed by atoms with Crippen molar-refractivity contribution in [1.82, 2.24) is 15.5 Å². The van der Waals surface area contributed by atoms with E-state index in [-0.39, 0.29) is 0 Å². The van der Waals surface area contributed by atoms with E-state index in [0.717, 1.165) is 24.1 Å². The highest BCUT2D eigenvalue weighted by atomic mass is 16.5. The second-order valence-electron chi connectivity index (χ2n) is 4.91. The molecule has 19 heavy (non-hydrogen) atoms. The number of nitrogens with one attached hydrogen (secondary N) is 1. The lowest BCUT2D eigenvalue weighted by Gasteiger charge is -2.04. The van der Waals surface area contributed by atoms with Gasteiger partial charge in [0.25, 0.3) is 0 Å². The van der Waals surface area contributed by atoms with Gasteiger partial charge in [0.2, 0.25) is 11.7 Å². The van der Waals surface area contributed by atoms with Crippen LogP contribution in [0.5, 0.6) is 0 Å². The summed E-state index contributed by atoms with van der Waals surface area (Å²) in [4.78, 5) is 4.45. The quantitative estimate of drug-likeness (QED) is 0.868. The summed E-state index contributed by atoms with van der Waals surface area (Å²) in [5, 5.41) is 7.47. The highest BCUT2D eigenvalue weighted by Crippen LogP contribution is 2.18. The van der Waals surface area contributed by atoms with Gasteiger partial charge in [-0.2, -0.15) is 4.98 Å². The summed E-state index contributed by atoms with van der Waals surface area (Å²) in [6.45, 7) is 1.64. The van der Waals surface area contributed by atoms with Gasteiger partial charge in [0.05, 0.1) is 0 Å². The maximum absolute atomic E-state index is 5.58. The fourth-order valence-electron chi connectivity index (χ4n) is 2.39. The molecule has 1 aliphatic heterocycles. The molecule has 1 saturated heterocycles. The van der Waals surface area contributed by atoms with Crippen LogP contribution >= 0.6 is 0 Å². The van der Waals surface area contributed by atoms with E-state index in [1.165, 1.54) is 12.8 Å². The third-order valence-electron chi connectivity index (χ3n) is 3.50. The van der Waals surface area contributed by atoms with Crippen molar-refractivity contribution in [2.24, 2.45) is 5.73 Å². The van der Waals surface area contributed by atoms with Crippen LogP contribution in [0, 0.1) is 0 Å². The van der Waals surface area contributed by atoms with Crippen LogP contribution < -0.4 is 11.1 Å². The molecule has 0 radical (unpaired) electrons. The van der Waals surface area contributed by atoms with Gasteiger partial charge in [-0.25, -0.2) is 0 Å². The molecule has 100 valence electrons. The molecule has 0 bridgehead atoms. The first-order valence-electron chi connectivity index (χ1n) is 6.70. The Bertz CT molecular complexity index is 529. The summed E-state index contributed by atoms with van der Waals surface area (Å²) in [7, 11) is 0. The number of rotatable bonds is 4. The molecule has 2 aromatic rings. The second kappa shape index (κ2) is 5.50. The van der Waals surface area contributed by atoms with E-state index in [2.05, 4.69) is 15.5 Å². The average Bonchev–Trinajstić information content (AvgIpc) is 3.11. The lowest BCUT2D eigenvalue weighted by Crippen LogP contribution is -2.23. The molecular formula is C14H18N4O. The fraction of sp³-hybridized carbons (Fsp3) is 0.429. The first-order valence-corrected chi connectivity index (χ1v) is 6.70. The van der Waals surface area contributed by atoms with Gasteiger partial charge >= 0.3 is 0 Å². The summed E-state index contributed by atoms with van der Waals surface area (Å²) in [5.41, 5.74) is 7.64. The predicted octanol–water partition coefficient (Wildman–Crippen LogP) is 1.49. The molecule has 1 aliphatic rings. The SMILES string of the molecule is NCc1ccc(-c2noc(CC3CCCN3)n2)cc1. The van der Waals surface area contributed by atoms with Crippen LogP contribution in [-0.4, -0.2) is 22.7 Å². The maximum atomic E-state index is 5.58. The molecule has 5 heteroatoms. The van der Waals surface area contributed by atoms with E-state index in [1.54, 1.807) is 0 Å². The lowest BCUT2D eigenvalue weighted by atomic mass is 10.1. The van der Waals surface area contributed by atoms with Crippen molar-refractivity contribution in [1.29, 1.82) is 0 Å². The summed E-state index contributed by atoms with van der Waals surface area (Å²) >= 11 is 0. The van der Waals surface area contributed by atoms with Crippen LogP contribution in [0.4, 0.5) is 0 Å². The van der Waals surface area contributed by atoms with Gasteiger partial charge in [0.1, 0.15) is 0 Å². The molecule has 0 aliphatic carbocycles. The Morgan fingerprint density at radius 2 is 2.16 bits per heavy atom. The highest BCUT2D eigenvalue weighted by Gasteiger charge is 2.18. The zero-order chi connectivity index (χ0) is 13.1. The van der Waals surface area contributed by atoms with Crippen LogP contribution in [0.3, 0.4) is 0 Å². The lowest BCUT2D eigenvalue weighted by molar-refractivity contribution is 0.364. The summed E-state index contributed by atoms with van der Waals surface area (Å²) in [6, 6.07) is 8.41. The largest absolute Gasteiger partial charge is 0.339 e. The topological polar surface area (TPSA) is 77.0 Å². The van der Waals surface area contributed by atoms with Crippen LogP contribution in [0.15, 0.2) is 28.8 Å². The number of hydrogen-bond acceptors (Lipinski definition) is 5. The van der Waals surface area contributed by atoms with Crippen LogP contribution in [-0.2, 0) is 13.0 Å². The van der Waals surface area contributed by atoms with Crippen molar-refractivity contribution in [2.45, 2.75) is 31.8 Å². The van der Waals surface area contributed by atoms with E-state index in [4.69, 9.17) is 10.3 Å². The number of aromatic nitrogens is 2. The third-order valence-corrected chi connectivity index (χ3v) is 3.50. The molecule has 0 amide bonds. The first-order chi connectivity index (χ1) is 9.35. The van der Waals surface area contributed by atoms with Gasteiger partial charge in [-0.05, 0) is 24.9 Å². The van der Waals surface area contributed by atoms with Crippen molar-refractivity contribution < 1.29 is 4.52 Å². The third kappa shape index (κ3) is 2.83. The van der Waals surface area contributed by atoms with Crippen molar-refractivity contribution in [3.63, 3.8) is 0 Å². The Kier molecular flexibility index (Phi) is 3.57. The monoisotopic (exact) mass is 258 g/mol. The molecule has 1 atom stereocenters. The summed E-state index contributed by atoms with van der Waals surface area (Å²) < 4.78 is 5.31. The molecule has 1 aromatic carbocycles. The van der Waals surface area contributed by atoms with E-state index < -0.39 is 0 Å². The first kappa shape index (κ1) is 12.3. The average molecular weight is 258 g/mol. The molecule has 1 aromatic heterocycles. The number of benzene rings is 1. The van der Waals surface area contributed by atoms with Crippen LogP contribution in [0.25, 0.3) is 11.4 Å². The minimum Gasteiger partial charge on any atom is -0.339 e. The van der Waals surface area contributed by atoms with Crippen molar-refractivity contribution in [3.8, 4) is 11.4 Å². The standard InChI is InChI=1S/C14H18N4O/c15-9-10-3-5-11(6-4-10)14-17-13(19-18-14)8-12-2-1-7-16-12/h3-6,12,16H,1-2,7-9,15H2. The number of nitrogens with two attached hydrogens (primary N) is 1. The molecule has 3 rings (SSSR count). The summed E-state index contributed by atoms with van der Waals surface area (Å²) in [6.07, 6.45) is 3.23. The van der Waals surface area contributed by atoms with Crippen molar-refractivity contribution in [2.75, 3.05) is 6.54 Å². The van der Waals surface area contributed by atoms with Crippen LogP contribution in [0.1, 0.15) is 24.3 Å². The van der Waals surface area contributed by atoms with Crippen LogP contribution in [0.2, 0.25) is 0 Å². The molecule has 1 fully saturated rings. The highest BCUT2D eigenvalue weighted by molar-refractivity contribution is 5.54. The smallest absolute Gasteiger partial charge is 0.228 e. The molecule has 5 nitrogen and oxygen atoms in total. The molecule has 2 heterocycles. The predicted molar refractivity (Wildman–Crippen MR) is 72.4 cm³/mol. The Morgan fingerprint density at radius 3 is 2.84 bits per heavy atom. The van der Waals surface area contributed by atoms with Gasteiger partial charge in [-0.3, -0.25) is 0 Å². The van der Waals surface area contributed by atoms with Gasteiger partial charge in [0.15, 0.2) is 0 Å². The van der Waals surface area contributed by atoms with E-state index in [0.29, 0.717) is 24.3 Å². The Morgan fingerprint density at radius 1 is 1.32 bits per heavy atom. The van der Waals surface area contributed by atoms with Gasteiger partial charge < -0.3 is 15.6 Å². The molecular weight excluding hydrogens is 240 g/mol. The Labute approximate surface area is 112 Å². The van der Waals surface area contributed by atoms with Crippen molar-refractivity contribution in [3.05, 3.63) is 35.7 Å². The van der Waals surface area contributed by atoms with Gasteiger partial charge in [-0.1, -0.05) is 29.4 Å². The Hall–Kier alpha value is -1.72. The minimum absolute atomic E-state index is 0.480. The normalized spacial score (nSPS) is 18.9. The molecule has 0 saturated carbocycles.